The first-order valence-electron chi connectivity index (χ1n) is 11.7. The lowest BCUT2D eigenvalue weighted by atomic mass is 10.0. The van der Waals surface area contributed by atoms with Gasteiger partial charge in [-0.15, -0.1) is 0 Å². The van der Waals surface area contributed by atoms with Crippen molar-refractivity contribution in [3.05, 3.63) is 52.8 Å². The maximum Gasteiger partial charge on any atom is 0.408 e. The third kappa shape index (κ3) is 5.53. The number of aromatic nitrogens is 3. The topological polar surface area (TPSA) is 96.1 Å². The number of alkyl halides is 1. The van der Waals surface area contributed by atoms with Crippen LogP contribution in [0.5, 0.6) is 0 Å². The maximum absolute atomic E-state index is 14.8. The normalized spacial score (nSPS) is 18.4. The van der Waals surface area contributed by atoms with Gasteiger partial charge in [-0.2, -0.15) is 5.26 Å². The second kappa shape index (κ2) is 9.53. The molecule has 1 aliphatic heterocycles. The van der Waals surface area contributed by atoms with Crippen LogP contribution in [0.4, 0.5) is 15.1 Å². The van der Waals surface area contributed by atoms with E-state index in [0.717, 1.165) is 27.9 Å². The van der Waals surface area contributed by atoms with Crippen LogP contribution >= 0.6 is 0 Å². The summed E-state index contributed by atoms with van der Waals surface area (Å²) in [6, 6.07) is 9.09. The number of pyridine rings is 1. The van der Waals surface area contributed by atoms with Crippen molar-refractivity contribution in [1.82, 2.24) is 19.9 Å². The second-order valence-corrected chi connectivity index (χ2v) is 10.1. The average Bonchev–Trinajstić information content (AvgIpc) is 3.12. The highest BCUT2D eigenvalue weighted by Gasteiger charge is 2.34. The molecule has 1 amide bonds. The predicted octanol–water partition coefficient (Wildman–Crippen LogP) is 4.41. The molecule has 9 heteroatoms. The summed E-state index contributed by atoms with van der Waals surface area (Å²) < 4.78 is 22.2. The number of ether oxygens (including phenoxy) is 1. The lowest BCUT2D eigenvalue weighted by molar-refractivity contribution is 0.0465. The van der Waals surface area contributed by atoms with E-state index in [0.29, 0.717) is 24.6 Å². The third-order valence-electron chi connectivity index (χ3n) is 6.13. The number of halogens is 1. The zero-order chi connectivity index (χ0) is 25.3. The molecule has 3 heterocycles. The summed E-state index contributed by atoms with van der Waals surface area (Å²) in [5.41, 5.74) is 4.69. The number of imidazole rings is 1. The first-order chi connectivity index (χ1) is 16.5. The number of alkyl carbamates (subject to hydrolysis) is 1. The maximum atomic E-state index is 14.8. The molecule has 0 saturated carbocycles. The van der Waals surface area contributed by atoms with Crippen LogP contribution in [-0.4, -0.2) is 51.5 Å². The highest BCUT2D eigenvalue weighted by atomic mass is 19.1. The molecule has 3 aromatic rings. The molecular weight excluding hydrogens is 447 g/mol. The van der Waals surface area contributed by atoms with E-state index in [2.05, 4.69) is 40.0 Å². The van der Waals surface area contributed by atoms with Gasteiger partial charge in [0, 0.05) is 19.3 Å². The first-order valence-corrected chi connectivity index (χ1v) is 11.7. The highest BCUT2D eigenvalue weighted by molar-refractivity contribution is 5.81. The predicted molar refractivity (Wildman–Crippen MR) is 132 cm³/mol. The van der Waals surface area contributed by atoms with Crippen LogP contribution in [0.15, 0.2) is 30.5 Å². The van der Waals surface area contributed by atoms with E-state index in [1.165, 1.54) is 0 Å². The molecule has 1 aliphatic rings. The van der Waals surface area contributed by atoms with Gasteiger partial charge in [0.25, 0.3) is 0 Å². The van der Waals surface area contributed by atoms with Crippen molar-refractivity contribution in [3.8, 4) is 6.07 Å². The van der Waals surface area contributed by atoms with Gasteiger partial charge in [0.05, 0.1) is 34.9 Å². The molecule has 35 heavy (non-hydrogen) atoms. The van der Waals surface area contributed by atoms with E-state index in [1.54, 1.807) is 33.0 Å². The van der Waals surface area contributed by atoms with E-state index in [4.69, 9.17) is 15.0 Å². The van der Waals surface area contributed by atoms with Gasteiger partial charge in [-0.3, -0.25) is 4.98 Å². The number of amides is 1. The summed E-state index contributed by atoms with van der Waals surface area (Å²) in [6.45, 7) is 10.6. The SMILES string of the molecule is Cc1cc2nc(N3CC[C@@H](F)[C@H](NC(=O)OC(C)(C)C)C3)n(Cc3ccc(C#N)cn3)c2cc1C. The van der Waals surface area contributed by atoms with Crippen molar-refractivity contribution >= 4 is 23.1 Å². The van der Waals surface area contributed by atoms with Gasteiger partial charge in [-0.05, 0) is 76.4 Å². The minimum Gasteiger partial charge on any atom is -0.444 e. The monoisotopic (exact) mass is 478 g/mol. The number of nitrogens with one attached hydrogen (secondary N) is 1. The fourth-order valence-corrected chi connectivity index (χ4v) is 4.21. The summed E-state index contributed by atoms with van der Waals surface area (Å²) in [7, 11) is 0. The van der Waals surface area contributed by atoms with E-state index < -0.39 is 23.9 Å². The highest BCUT2D eigenvalue weighted by Crippen LogP contribution is 2.29. The smallest absolute Gasteiger partial charge is 0.408 e. The van der Waals surface area contributed by atoms with Crippen molar-refractivity contribution in [3.63, 3.8) is 0 Å². The van der Waals surface area contributed by atoms with E-state index in [-0.39, 0.29) is 13.0 Å². The summed E-state index contributed by atoms with van der Waals surface area (Å²) in [5, 5.41) is 11.8. The van der Waals surface area contributed by atoms with Gasteiger partial charge in [-0.1, -0.05) is 0 Å². The molecule has 0 unspecified atom stereocenters. The molecule has 2 atom stereocenters. The van der Waals surface area contributed by atoms with Gasteiger partial charge in [-0.25, -0.2) is 14.2 Å². The zero-order valence-corrected chi connectivity index (χ0v) is 20.8. The van der Waals surface area contributed by atoms with Crippen LogP contribution in [0, 0.1) is 25.2 Å². The van der Waals surface area contributed by atoms with Crippen LogP contribution in [0.1, 0.15) is 49.6 Å². The van der Waals surface area contributed by atoms with Crippen molar-refractivity contribution in [1.29, 1.82) is 5.26 Å². The van der Waals surface area contributed by atoms with Crippen molar-refractivity contribution in [2.45, 2.75) is 65.4 Å². The number of rotatable bonds is 4. The Morgan fingerprint density at radius 3 is 2.69 bits per heavy atom. The fourth-order valence-electron chi connectivity index (χ4n) is 4.21. The number of hydrogen-bond acceptors (Lipinski definition) is 6. The van der Waals surface area contributed by atoms with E-state index in [9.17, 15) is 9.18 Å². The molecule has 1 saturated heterocycles. The fraction of sp³-hybridized carbons (Fsp3) is 0.462. The molecule has 8 nitrogen and oxygen atoms in total. The standard InChI is InChI=1S/C26H31FN6O2/c1-16-10-21-23(11-17(16)2)33(14-19-7-6-18(12-28)13-29-19)24(30-21)32-9-8-20(27)22(15-32)31-25(34)35-26(3,4)5/h6-7,10-11,13,20,22H,8-9,14-15H2,1-5H3,(H,31,34)/t20-,22-/m1/s1. The zero-order valence-electron chi connectivity index (χ0n) is 20.8. The summed E-state index contributed by atoms with van der Waals surface area (Å²) in [6.07, 6.45) is 0.00486. The van der Waals surface area contributed by atoms with Gasteiger partial charge in [0.1, 0.15) is 17.8 Å². The number of carbonyl (C=O) groups is 1. The molecule has 2 aromatic heterocycles. The number of aryl methyl sites for hydroxylation is 2. The molecule has 1 aromatic carbocycles. The number of piperidine rings is 1. The van der Waals surface area contributed by atoms with Crippen molar-refractivity contribution in [2.75, 3.05) is 18.0 Å². The number of nitriles is 1. The number of carbonyl (C=O) groups excluding carboxylic acids is 1. The van der Waals surface area contributed by atoms with Gasteiger partial charge in [0.15, 0.2) is 0 Å². The Morgan fingerprint density at radius 1 is 1.29 bits per heavy atom. The van der Waals surface area contributed by atoms with Crippen LogP contribution in [0.2, 0.25) is 0 Å². The van der Waals surface area contributed by atoms with Crippen LogP contribution < -0.4 is 10.2 Å². The Kier molecular flexibility index (Phi) is 6.66. The summed E-state index contributed by atoms with van der Waals surface area (Å²) in [4.78, 5) is 23.7. The number of nitrogens with zero attached hydrogens (tertiary/aromatic N) is 5. The molecule has 0 radical (unpaired) electrons. The molecule has 0 spiro atoms. The van der Waals surface area contributed by atoms with Crippen molar-refractivity contribution in [2.24, 2.45) is 0 Å². The molecule has 0 bridgehead atoms. The average molecular weight is 479 g/mol. The quantitative estimate of drug-likeness (QED) is 0.597. The van der Waals surface area contributed by atoms with Gasteiger partial charge >= 0.3 is 6.09 Å². The molecule has 1 fully saturated rings. The minimum absolute atomic E-state index is 0.261. The lowest BCUT2D eigenvalue weighted by Crippen LogP contribution is -2.55. The molecule has 4 rings (SSSR count). The van der Waals surface area contributed by atoms with Crippen LogP contribution in [0.3, 0.4) is 0 Å². The van der Waals surface area contributed by atoms with E-state index in [1.807, 2.05) is 17.9 Å². The lowest BCUT2D eigenvalue weighted by Gasteiger charge is -2.36. The van der Waals surface area contributed by atoms with E-state index >= 15 is 0 Å². The largest absolute Gasteiger partial charge is 0.444 e. The number of anilines is 1. The summed E-state index contributed by atoms with van der Waals surface area (Å²) >= 11 is 0. The Bertz CT molecular complexity index is 1270. The van der Waals surface area contributed by atoms with Crippen LogP contribution in [0.25, 0.3) is 11.0 Å². The third-order valence-corrected chi connectivity index (χ3v) is 6.13. The number of hydrogen-bond donors (Lipinski definition) is 1. The molecule has 0 aliphatic carbocycles. The summed E-state index contributed by atoms with van der Waals surface area (Å²) in [5.74, 6) is 0.694. The van der Waals surface area contributed by atoms with Crippen molar-refractivity contribution < 1.29 is 13.9 Å². The second-order valence-electron chi connectivity index (χ2n) is 10.1. The molecular formula is C26H31FN6O2. The van der Waals surface area contributed by atoms with Crippen LogP contribution in [-0.2, 0) is 11.3 Å². The Hall–Kier alpha value is -3.67. The Labute approximate surface area is 204 Å². The molecule has 184 valence electrons. The number of benzene rings is 1. The minimum atomic E-state index is -1.18. The van der Waals surface area contributed by atoms with Gasteiger partial charge in [0.2, 0.25) is 5.95 Å². The number of fused-ring (bicyclic) bond motifs is 1. The van der Waals surface area contributed by atoms with Gasteiger partial charge < -0.3 is 19.5 Å². The Morgan fingerprint density at radius 2 is 2.03 bits per heavy atom. The Balaban J connectivity index is 1.67. The molecule has 1 N–H and O–H groups in total. The first kappa shape index (κ1) is 24.5.